The van der Waals surface area contributed by atoms with Gasteiger partial charge in [-0.2, -0.15) is 0 Å². The van der Waals surface area contributed by atoms with Crippen molar-refractivity contribution in [2.75, 3.05) is 14.2 Å². The summed E-state index contributed by atoms with van der Waals surface area (Å²) in [6.07, 6.45) is -1.08. The van der Waals surface area contributed by atoms with Gasteiger partial charge in [0, 0.05) is 12.5 Å². The molecule has 23 heavy (non-hydrogen) atoms. The summed E-state index contributed by atoms with van der Waals surface area (Å²) in [5, 5.41) is 11.0. The minimum absolute atomic E-state index is 0.0966. The quantitative estimate of drug-likeness (QED) is 0.785. The van der Waals surface area contributed by atoms with Gasteiger partial charge in [-0.1, -0.05) is 29.3 Å². The van der Waals surface area contributed by atoms with Crippen molar-refractivity contribution in [3.05, 3.63) is 57.6 Å². The Hall–Kier alpha value is -1.75. The van der Waals surface area contributed by atoms with Gasteiger partial charge in [-0.05, 0) is 29.8 Å². The zero-order chi connectivity index (χ0) is 17.0. The molecule has 0 saturated heterocycles. The fraction of sp³-hybridized carbons (Fsp3) is 0.235. The highest BCUT2D eigenvalue weighted by Crippen LogP contribution is 2.30. The lowest BCUT2D eigenvalue weighted by Gasteiger charge is -2.13. The van der Waals surface area contributed by atoms with Crippen molar-refractivity contribution in [2.24, 2.45) is 0 Å². The van der Waals surface area contributed by atoms with Gasteiger partial charge in [0.05, 0.1) is 35.9 Å². The molecule has 1 unspecified atom stereocenters. The molecule has 0 aliphatic carbocycles. The van der Waals surface area contributed by atoms with Gasteiger partial charge in [0.15, 0.2) is 5.78 Å². The number of ketones is 1. The third-order valence-electron chi connectivity index (χ3n) is 3.42. The molecule has 0 aliphatic heterocycles. The van der Waals surface area contributed by atoms with Crippen LogP contribution in [0.5, 0.6) is 11.5 Å². The SMILES string of the molecule is COc1ccc(C(=O)CC(O)c2ccc(Cl)c(Cl)c2)c(OC)c1. The molecule has 4 nitrogen and oxygen atoms in total. The first-order valence-corrected chi connectivity index (χ1v) is 7.60. The van der Waals surface area contributed by atoms with Crippen LogP contribution in [0.25, 0.3) is 0 Å². The van der Waals surface area contributed by atoms with Crippen LogP contribution in [0.4, 0.5) is 0 Å². The van der Waals surface area contributed by atoms with Crippen molar-refractivity contribution in [3.63, 3.8) is 0 Å². The average molecular weight is 355 g/mol. The maximum Gasteiger partial charge on any atom is 0.169 e. The normalized spacial score (nSPS) is 11.9. The molecule has 2 aromatic rings. The molecule has 0 fully saturated rings. The summed E-state index contributed by atoms with van der Waals surface area (Å²) < 4.78 is 10.3. The zero-order valence-electron chi connectivity index (χ0n) is 12.7. The van der Waals surface area contributed by atoms with E-state index in [1.54, 1.807) is 36.4 Å². The Labute approximate surface area is 144 Å². The second-order valence-electron chi connectivity index (χ2n) is 4.88. The molecule has 0 bridgehead atoms. The Bertz CT molecular complexity index is 716. The monoisotopic (exact) mass is 354 g/mol. The predicted octanol–water partition coefficient (Wildman–Crippen LogP) is 4.32. The molecule has 1 atom stereocenters. The summed E-state index contributed by atoms with van der Waals surface area (Å²) in [5.74, 6) is 0.738. The van der Waals surface area contributed by atoms with Gasteiger partial charge in [0.2, 0.25) is 0 Å². The molecular weight excluding hydrogens is 339 g/mol. The Morgan fingerprint density at radius 1 is 1.09 bits per heavy atom. The number of carbonyl (C=O) groups is 1. The predicted molar refractivity (Wildman–Crippen MR) is 89.9 cm³/mol. The number of ether oxygens (including phenoxy) is 2. The Morgan fingerprint density at radius 3 is 2.43 bits per heavy atom. The lowest BCUT2D eigenvalue weighted by atomic mass is 9.99. The van der Waals surface area contributed by atoms with E-state index in [9.17, 15) is 9.90 Å². The third-order valence-corrected chi connectivity index (χ3v) is 4.16. The van der Waals surface area contributed by atoms with Crippen LogP contribution in [0.3, 0.4) is 0 Å². The van der Waals surface area contributed by atoms with Gasteiger partial charge in [-0.3, -0.25) is 4.79 Å². The minimum Gasteiger partial charge on any atom is -0.497 e. The van der Waals surface area contributed by atoms with Crippen molar-refractivity contribution >= 4 is 29.0 Å². The van der Waals surface area contributed by atoms with Crippen molar-refractivity contribution in [1.29, 1.82) is 0 Å². The average Bonchev–Trinajstić information content (AvgIpc) is 2.56. The number of aliphatic hydroxyl groups is 1. The molecule has 0 amide bonds. The maximum absolute atomic E-state index is 12.4. The molecule has 0 radical (unpaired) electrons. The van der Waals surface area contributed by atoms with Crippen LogP contribution in [0.1, 0.15) is 28.4 Å². The van der Waals surface area contributed by atoms with Crippen molar-refractivity contribution in [2.45, 2.75) is 12.5 Å². The highest BCUT2D eigenvalue weighted by Gasteiger charge is 2.19. The molecule has 122 valence electrons. The van der Waals surface area contributed by atoms with E-state index in [4.69, 9.17) is 32.7 Å². The number of rotatable bonds is 6. The van der Waals surface area contributed by atoms with Crippen LogP contribution in [0, 0.1) is 0 Å². The summed E-state index contributed by atoms with van der Waals surface area (Å²) in [5.41, 5.74) is 0.910. The smallest absolute Gasteiger partial charge is 0.169 e. The minimum atomic E-state index is -0.982. The van der Waals surface area contributed by atoms with Gasteiger partial charge in [-0.25, -0.2) is 0 Å². The molecule has 2 aromatic carbocycles. The van der Waals surface area contributed by atoms with Gasteiger partial charge in [-0.15, -0.1) is 0 Å². The van der Waals surface area contributed by atoms with Crippen LogP contribution in [-0.4, -0.2) is 25.1 Å². The number of Topliss-reactive ketones (excluding diaryl/α,β-unsaturated/α-hetero) is 1. The number of benzene rings is 2. The molecule has 0 heterocycles. The Kier molecular flexibility index (Phi) is 5.88. The lowest BCUT2D eigenvalue weighted by Crippen LogP contribution is -2.08. The third kappa shape index (κ3) is 4.16. The lowest BCUT2D eigenvalue weighted by molar-refractivity contribution is 0.0877. The molecular formula is C17H16Cl2O4. The molecule has 1 N–H and O–H groups in total. The summed E-state index contributed by atoms with van der Waals surface area (Å²) in [7, 11) is 3.01. The number of methoxy groups -OCH3 is 2. The van der Waals surface area contributed by atoms with Crippen molar-refractivity contribution in [3.8, 4) is 11.5 Å². The molecule has 6 heteroatoms. The number of hydrogen-bond donors (Lipinski definition) is 1. The van der Waals surface area contributed by atoms with Crippen LogP contribution >= 0.6 is 23.2 Å². The van der Waals surface area contributed by atoms with Crippen molar-refractivity contribution < 1.29 is 19.4 Å². The van der Waals surface area contributed by atoms with Gasteiger partial charge < -0.3 is 14.6 Å². The number of halogens is 2. The molecule has 0 saturated carbocycles. The first kappa shape index (κ1) is 17.6. The summed E-state index contributed by atoms with van der Waals surface area (Å²) in [4.78, 5) is 12.4. The summed E-state index contributed by atoms with van der Waals surface area (Å²) >= 11 is 11.8. The van der Waals surface area contributed by atoms with E-state index < -0.39 is 6.10 Å². The van der Waals surface area contributed by atoms with Gasteiger partial charge in [0.1, 0.15) is 11.5 Å². The Balaban J connectivity index is 2.19. The second kappa shape index (κ2) is 7.68. The van der Waals surface area contributed by atoms with E-state index in [1.165, 1.54) is 14.2 Å². The van der Waals surface area contributed by atoms with E-state index in [0.717, 1.165) is 0 Å². The van der Waals surface area contributed by atoms with Crippen LogP contribution in [0.2, 0.25) is 10.0 Å². The molecule has 0 aliphatic rings. The van der Waals surface area contributed by atoms with Crippen LogP contribution in [0.15, 0.2) is 36.4 Å². The van der Waals surface area contributed by atoms with E-state index in [-0.39, 0.29) is 12.2 Å². The second-order valence-corrected chi connectivity index (χ2v) is 5.70. The highest BCUT2D eigenvalue weighted by molar-refractivity contribution is 6.42. The molecule has 0 spiro atoms. The standard InChI is InChI=1S/C17H16Cl2O4/c1-22-11-4-5-12(17(8-11)23-2)16(21)9-15(20)10-3-6-13(18)14(19)7-10/h3-8,15,20H,9H2,1-2H3. The fourth-order valence-electron chi connectivity index (χ4n) is 2.15. The van der Waals surface area contributed by atoms with E-state index >= 15 is 0 Å². The summed E-state index contributed by atoms with van der Waals surface area (Å²) in [6, 6.07) is 9.67. The molecule has 2 rings (SSSR count). The number of hydrogen-bond acceptors (Lipinski definition) is 4. The van der Waals surface area contributed by atoms with E-state index in [2.05, 4.69) is 0 Å². The van der Waals surface area contributed by atoms with Gasteiger partial charge >= 0.3 is 0 Å². The number of carbonyl (C=O) groups excluding carboxylic acids is 1. The van der Waals surface area contributed by atoms with E-state index in [0.29, 0.717) is 32.7 Å². The van der Waals surface area contributed by atoms with Crippen LogP contribution < -0.4 is 9.47 Å². The van der Waals surface area contributed by atoms with Crippen LogP contribution in [-0.2, 0) is 0 Å². The first-order valence-electron chi connectivity index (χ1n) is 6.84. The first-order chi connectivity index (χ1) is 11.0. The largest absolute Gasteiger partial charge is 0.497 e. The Morgan fingerprint density at radius 2 is 1.83 bits per heavy atom. The van der Waals surface area contributed by atoms with Gasteiger partial charge in [0.25, 0.3) is 0 Å². The summed E-state index contributed by atoms with van der Waals surface area (Å²) in [6.45, 7) is 0. The molecule has 0 aromatic heterocycles. The highest BCUT2D eigenvalue weighted by atomic mass is 35.5. The number of aliphatic hydroxyl groups excluding tert-OH is 1. The zero-order valence-corrected chi connectivity index (χ0v) is 14.2. The topological polar surface area (TPSA) is 55.8 Å². The maximum atomic E-state index is 12.4. The van der Waals surface area contributed by atoms with Crippen molar-refractivity contribution in [1.82, 2.24) is 0 Å². The van der Waals surface area contributed by atoms with E-state index in [1.807, 2.05) is 0 Å². The fourth-order valence-corrected chi connectivity index (χ4v) is 2.46.